The summed E-state index contributed by atoms with van der Waals surface area (Å²) in [5.41, 5.74) is 0. The summed E-state index contributed by atoms with van der Waals surface area (Å²) < 4.78 is 39.0. The molecule has 0 radical (unpaired) electrons. The third kappa shape index (κ3) is 6.34. The Labute approximate surface area is 191 Å². The molecule has 0 unspecified atom stereocenters. The van der Waals surface area contributed by atoms with Crippen LogP contribution in [-0.4, -0.2) is 102 Å². The number of likely N-dealkylation sites (tertiary alicyclic amines) is 1. The number of piperazine rings is 1. The molecule has 2 aliphatic rings. The second-order valence-electron chi connectivity index (χ2n) is 8.20. The number of carbonyl (C=O) groups is 1. The van der Waals surface area contributed by atoms with Gasteiger partial charge in [-0.15, -0.1) is 0 Å². The summed E-state index contributed by atoms with van der Waals surface area (Å²) in [5.74, 6) is 0.835. The lowest BCUT2D eigenvalue weighted by atomic mass is 10.3. The summed E-state index contributed by atoms with van der Waals surface area (Å²) in [7, 11) is -0.792. The van der Waals surface area contributed by atoms with Gasteiger partial charge in [-0.25, -0.2) is 8.42 Å². The minimum absolute atomic E-state index is 0.00134. The lowest BCUT2D eigenvalue weighted by Gasteiger charge is -2.29. The normalized spacial score (nSPS) is 17.7. The molecule has 0 spiro atoms. The molecule has 2 aliphatic heterocycles. The van der Waals surface area contributed by atoms with Gasteiger partial charge >= 0.3 is 0 Å². The topological polar surface area (TPSA) is 91.4 Å². The van der Waals surface area contributed by atoms with E-state index in [1.807, 2.05) is 4.90 Å². The predicted molar refractivity (Wildman–Crippen MR) is 123 cm³/mol. The van der Waals surface area contributed by atoms with Crippen LogP contribution in [0, 0.1) is 0 Å². The highest BCUT2D eigenvalue weighted by atomic mass is 32.2. The van der Waals surface area contributed by atoms with Crippen LogP contribution < -0.4 is 14.8 Å². The minimum Gasteiger partial charge on any atom is -0.493 e. The maximum absolute atomic E-state index is 13.5. The molecule has 2 fully saturated rings. The van der Waals surface area contributed by atoms with Crippen LogP contribution in [0.2, 0.25) is 0 Å². The Morgan fingerprint density at radius 3 is 2.38 bits per heavy atom. The van der Waals surface area contributed by atoms with E-state index in [-0.39, 0.29) is 23.8 Å². The fraction of sp³-hybridized carbons (Fsp3) is 0.682. The summed E-state index contributed by atoms with van der Waals surface area (Å²) in [5, 5.41) is 3.23. The summed E-state index contributed by atoms with van der Waals surface area (Å²) in [6, 6.07) is 4.61. The zero-order chi connectivity index (χ0) is 23.0. The summed E-state index contributed by atoms with van der Waals surface area (Å²) >= 11 is 0. The van der Waals surface area contributed by atoms with Crippen molar-refractivity contribution in [3.8, 4) is 11.5 Å². The number of amides is 1. The molecule has 0 aliphatic carbocycles. The standard InChI is InChI=1S/C22H36N4O5S/c1-30-20-7-6-19(18-21(20)31-2)32(28,29)26(14-5-13-24-11-3-4-12-24)15-8-22(27)25-16-9-23-10-17-25/h6-7,18,23H,3-5,8-17H2,1-2H3. The fourth-order valence-corrected chi connectivity index (χ4v) is 5.74. The smallest absolute Gasteiger partial charge is 0.243 e. The molecule has 1 N–H and O–H groups in total. The fourth-order valence-electron chi connectivity index (χ4n) is 4.25. The number of benzene rings is 1. The van der Waals surface area contributed by atoms with E-state index in [1.54, 1.807) is 6.07 Å². The van der Waals surface area contributed by atoms with E-state index in [2.05, 4.69) is 10.2 Å². The lowest BCUT2D eigenvalue weighted by Crippen LogP contribution is -2.47. The molecule has 0 saturated carbocycles. The van der Waals surface area contributed by atoms with Gasteiger partial charge in [0.15, 0.2) is 11.5 Å². The highest BCUT2D eigenvalue weighted by Gasteiger charge is 2.27. The highest BCUT2D eigenvalue weighted by Crippen LogP contribution is 2.30. The SMILES string of the molecule is COc1ccc(S(=O)(=O)N(CCCN2CCCC2)CCC(=O)N2CCNCC2)cc1OC. The quantitative estimate of drug-likeness (QED) is 0.518. The maximum Gasteiger partial charge on any atom is 0.243 e. The molecular formula is C22H36N4O5S. The number of methoxy groups -OCH3 is 2. The molecule has 0 bridgehead atoms. The number of hydrogen-bond acceptors (Lipinski definition) is 7. The molecule has 0 aromatic heterocycles. The first-order chi connectivity index (χ1) is 15.5. The van der Waals surface area contributed by atoms with E-state index in [0.717, 1.165) is 39.1 Å². The van der Waals surface area contributed by atoms with Gasteiger partial charge in [-0.2, -0.15) is 4.31 Å². The van der Waals surface area contributed by atoms with E-state index < -0.39 is 10.0 Å². The molecule has 3 rings (SSSR count). The predicted octanol–water partition coefficient (Wildman–Crippen LogP) is 1.00. The van der Waals surface area contributed by atoms with Crippen molar-refractivity contribution in [3.63, 3.8) is 0 Å². The molecule has 10 heteroatoms. The highest BCUT2D eigenvalue weighted by molar-refractivity contribution is 7.89. The largest absolute Gasteiger partial charge is 0.493 e. The molecule has 1 aromatic rings. The Morgan fingerprint density at radius 1 is 1.03 bits per heavy atom. The van der Waals surface area contributed by atoms with Gasteiger partial charge in [-0.05, 0) is 51.0 Å². The van der Waals surface area contributed by atoms with Gasteiger partial charge in [0.25, 0.3) is 0 Å². The second kappa shape index (κ2) is 11.8. The Kier molecular flexibility index (Phi) is 9.15. The summed E-state index contributed by atoms with van der Waals surface area (Å²) in [6.45, 7) is 6.43. The van der Waals surface area contributed by atoms with Crippen LogP contribution in [0.1, 0.15) is 25.7 Å². The lowest BCUT2D eigenvalue weighted by molar-refractivity contribution is -0.131. The summed E-state index contributed by atoms with van der Waals surface area (Å²) in [6.07, 6.45) is 3.31. The van der Waals surface area contributed by atoms with E-state index in [1.165, 1.54) is 43.5 Å². The molecule has 9 nitrogen and oxygen atoms in total. The van der Waals surface area contributed by atoms with Crippen molar-refractivity contribution in [3.05, 3.63) is 18.2 Å². The van der Waals surface area contributed by atoms with Crippen molar-refractivity contribution >= 4 is 15.9 Å². The van der Waals surface area contributed by atoms with Crippen LogP contribution in [-0.2, 0) is 14.8 Å². The van der Waals surface area contributed by atoms with Crippen LogP contribution >= 0.6 is 0 Å². The van der Waals surface area contributed by atoms with Crippen molar-refractivity contribution in [2.24, 2.45) is 0 Å². The molecule has 1 aromatic carbocycles. The van der Waals surface area contributed by atoms with Gasteiger partial charge in [0.05, 0.1) is 19.1 Å². The molecule has 180 valence electrons. The molecule has 0 atom stereocenters. The van der Waals surface area contributed by atoms with Crippen LogP contribution in [0.5, 0.6) is 11.5 Å². The van der Waals surface area contributed by atoms with E-state index >= 15 is 0 Å². The Bertz CT molecular complexity index is 852. The first kappa shape index (κ1) is 24.8. The minimum atomic E-state index is -3.78. The second-order valence-corrected chi connectivity index (χ2v) is 10.1. The molecule has 1 amide bonds. The maximum atomic E-state index is 13.5. The molecular weight excluding hydrogens is 432 g/mol. The van der Waals surface area contributed by atoms with Gasteiger partial charge in [0.1, 0.15) is 0 Å². The van der Waals surface area contributed by atoms with E-state index in [0.29, 0.717) is 31.1 Å². The number of carbonyl (C=O) groups excluding carboxylic acids is 1. The molecule has 2 saturated heterocycles. The Morgan fingerprint density at radius 2 is 1.72 bits per heavy atom. The first-order valence-electron chi connectivity index (χ1n) is 11.4. The van der Waals surface area contributed by atoms with Gasteiger partial charge < -0.3 is 24.6 Å². The van der Waals surface area contributed by atoms with Crippen molar-refractivity contribution in [1.82, 2.24) is 19.4 Å². The van der Waals surface area contributed by atoms with Crippen molar-refractivity contribution in [1.29, 1.82) is 0 Å². The van der Waals surface area contributed by atoms with Crippen LogP contribution in [0.3, 0.4) is 0 Å². The summed E-state index contributed by atoms with van der Waals surface area (Å²) in [4.78, 5) is 17.0. The molecule has 2 heterocycles. The number of nitrogens with one attached hydrogen (secondary N) is 1. The van der Waals surface area contributed by atoms with Crippen molar-refractivity contribution in [2.75, 3.05) is 73.1 Å². The van der Waals surface area contributed by atoms with Crippen molar-refractivity contribution < 1.29 is 22.7 Å². The Hall–Kier alpha value is -1.88. The van der Waals surface area contributed by atoms with E-state index in [4.69, 9.17) is 9.47 Å². The number of hydrogen-bond donors (Lipinski definition) is 1. The Balaban J connectivity index is 1.72. The van der Waals surface area contributed by atoms with Gasteiger partial charge in [0, 0.05) is 51.8 Å². The van der Waals surface area contributed by atoms with Gasteiger partial charge in [-0.1, -0.05) is 0 Å². The van der Waals surface area contributed by atoms with Crippen LogP contribution in [0.25, 0.3) is 0 Å². The number of nitrogens with zero attached hydrogens (tertiary/aromatic N) is 3. The van der Waals surface area contributed by atoms with Gasteiger partial charge in [0.2, 0.25) is 15.9 Å². The number of rotatable bonds is 11. The average Bonchev–Trinajstić information content (AvgIpc) is 3.34. The first-order valence-corrected chi connectivity index (χ1v) is 12.8. The zero-order valence-electron chi connectivity index (χ0n) is 19.2. The van der Waals surface area contributed by atoms with Crippen LogP contribution in [0.15, 0.2) is 23.1 Å². The third-order valence-electron chi connectivity index (χ3n) is 6.12. The van der Waals surface area contributed by atoms with Crippen molar-refractivity contribution in [2.45, 2.75) is 30.6 Å². The van der Waals surface area contributed by atoms with Gasteiger partial charge in [-0.3, -0.25) is 4.79 Å². The zero-order valence-corrected chi connectivity index (χ0v) is 20.0. The number of ether oxygens (including phenoxy) is 2. The average molecular weight is 469 g/mol. The van der Waals surface area contributed by atoms with Crippen LogP contribution in [0.4, 0.5) is 0 Å². The monoisotopic (exact) mass is 468 g/mol. The molecule has 32 heavy (non-hydrogen) atoms. The number of sulfonamides is 1. The van der Waals surface area contributed by atoms with E-state index in [9.17, 15) is 13.2 Å². The third-order valence-corrected chi connectivity index (χ3v) is 8.01.